The Bertz CT molecular complexity index is 2380. The fourth-order valence-electron chi connectivity index (χ4n) is 5.50. The standard InChI is InChI=1S/C37H27Br2N3O5/c1-3-45-31-18-24(33(38)34(39)35(31)46-21-23-12-8-11-22-10-4-5-13-25(22)23)20-40-42-36(41-28-15-7-6-14-26(28)37(42)43)32-19-27-29(44-2)16-9-17-30(27)47-32/h4-20H,3,21H2,1-2H3. The summed E-state index contributed by atoms with van der Waals surface area (Å²) in [5.41, 5.74) is 2.49. The molecule has 0 N–H and O–H groups in total. The minimum Gasteiger partial charge on any atom is -0.496 e. The molecule has 7 rings (SSSR count). The normalized spacial score (nSPS) is 11.6. The Kier molecular flexibility index (Phi) is 8.53. The van der Waals surface area contributed by atoms with Gasteiger partial charge in [-0.15, -0.1) is 0 Å². The van der Waals surface area contributed by atoms with Gasteiger partial charge in [-0.25, -0.2) is 4.98 Å². The molecular weight excluding hydrogens is 726 g/mol. The highest BCUT2D eigenvalue weighted by Gasteiger charge is 2.20. The summed E-state index contributed by atoms with van der Waals surface area (Å²) in [6.45, 7) is 2.67. The zero-order valence-electron chi connectivity index (χ0n) is 25.4. The number of ether oxygens (including phenoxy) is 3. The first kappa shape index (κ1) is 30.7. The fraction of sp³-hybridized carbons (Fsp3) is 0.108. The third-order valence-corrected chi connectivity index (χ3v) is 9.88. The summed E-state index contributed by atoms with van der Waals surface area (Å²) < 4.78 is 26.7. The van der Waals surface area contributed by atoms with Gasteiger partial charge in [0.2, 0.25) is 5.82 Å². The molecule has 234 valence electrons. The molecule has 0 unspecified atom stereocenters. The maximum Gasteiger partial charge on any atom is 0.282 e. The lowest BCUT2D eigenvalue weighted by Gasteiger charge is -2.17. The molecule has 0 aliphatic heterocycles. The summed E-state index contributed by atoms with van der Waals surface area (Å²) in [6.07, 6.45) is 1.58. The summed E-state index contributed by atoms with van der Waals surface area (Å²) in [4.78, 5) is 18.6. The fourth-order valence-corrected chi connectivity index (χ4v) is 6.43. The maximum absolute atomic E-state index is 13.8. The van der Waals surface area contributed by atoms with Crippen molar-refractivity contribution in [1.29, 1.82) is 0 Å². The van der Waals surface area contributed by atoms with Crippen molar-refractivity contribution in [2.75, 3.05) is 13.7 Å². The van der Waals surface area contributed by atoms with Crippen LogP contribution >= 0.6 is 31.9 Å². The molecule has 0 spiro atoms. The molecule has 47 heavy (non-hydrogen) atoms. The van der Waals surface area contributed by atoms with E-state index in [1.165, 1.54) is 4.68 Å². The highest BCUT2D eigenvalue weighted by molar-refractivity contribution is 9.13. The van der Waals surface area contributed by atoms with Gasteiger partial charge in [-0.05, 0) is 91.5 Å². The van der Waals surface area contributed by atoms with Crippen LogP contribution in [0.2, 0.25) is 0 Å². The lowest BCUT2D eigenvalue weighted by Crippen LogP contribution is -2.20. The van der Waals surface area contributed by atoms with Crippen LogP contribution in [0.5, 0.6) is 17.2 Å². The number of aromatic nitrogens is 2. The first-order valence-corrected chi connectivity index (χ1v) is 16.4. The Morgan fingerprint density at radius 3 is 2.45 bits per heavy atom. The van der Waals surface area contributed by atoms with E-state index in [0.717, 1.165) is 21.7 Å². The summed E-state index contributed by atoms with van der Waals surface area (Å²) >= 11 is 7.42. The van der Waals surface area contributed by atoms with E-state index in [0.29, 0.717) is 67.2 Å². The third-order valence-electron chi connectivity index (χ3n) is 7.74. The molecule has 0 radical (unpaired) electrons. The number of halogens is 2. The van der Waals surface area contributed by atoms with Gasteiger partial charge in [-0.1, -0.05) is 60.7 Å². The second kappa shape index (κ2) is 13.1. The van der Waals surface area contributed by atoms with Crippen LogP contribution in [0.1, 0.15) is 18.1 Å². The summed E-state index contributed by atoms with van der Waals surface area (Å²) in [6, 6.07) is 30.7. The second-order valence-corrected chi connectivity index (χ2v) is 12.2. The lowest BCUT2D eigenvalue weighted by atomic mass is 10.1. The van der Waals surface area contributed by atoms with E-state index in [1.807, 2.05) is 55.5 Å². The van der Waals surface area contributed by atoms with Crippen LogP contribution in [-0.2, 0) is 6.61 Å². The Hall–Kier alpha value is -4.93. The molecule has 0 saturated heterocycles. The van der Waals surface area contributed by atoms with Crippen LogP contribution in [0.15, 0.2) is 120 Å². The first-order valence-electron chi connectivity index (χ1n) is 14.8. The Balaban J connectivity index is 1.30. The molecule has 0 aliphatic carbocycles. The molecule has 5 aromatic carbocycles. The van der Waals surface area contributed by atoms with Gasteiger partial charge in [0.15, 0.2) is 17.3 Å². The van der Waals surface area contributed by atoms with Gasteiger partial charge in [0, 0.05) is 10.0 Å². The van der Waals surface area contributed by atoms with E-state index in [4.69, 9.17) is 23.6 Å². The van der Waals surface area contributed by atoms with E-state index < -0.39 is 0 Å². The zero-order valence-corrected chi connectivity index (χ0v) is 28.5. The van der Waals surface area contributed by atoms with Gasteiger partial charge in [0.05, 0.1) is 40.7 Å². The summed E-state index contributed by atoms with van der Waals surface area (Å²) in [7, 11) is 1.60. The summed E-state index contributed by atoms with van der Waals surface area (Å²) in [5, 5.41) is 8.11. The quantitative estimate of drug-likeness (QED) is 0.137. The average Bonchev–Trinajstić information content (AvgIpc) is 3.54. The molecule has 0 saturated carbocycles. The number of rotatable bonds is 9. The minimum absolute atomic E-state index is 0.249. The molecule has 0 fully saturated rings. The van der Waals surface area contributed by atoms with Gasteiger partial charge in [0.1, 0.15) is 17.9 Å². The lowest BCUT2D eigenvalue weighted by molar-refractivity contribution is 0.268. The number of benzene rings is 5. The Labute approximate surface area is 286 Å². The number of furan rings is 1. The largest absolute Gasteiger partial charge is 0.496 e. The van der Waals surface area contributed by atoms with Gasteiger partial charge in [-0.3, -0.25) is 4.79 Å². The van der Waals surface area contributed by atoms with Crippen molar-refractivity contribution in [1.82, 2.24) is 9.66 Å². The number of hydrogen-bond acceptors (Lipinski definition) is 7. The van der Waals surface area contributed by atoms with E-state index in [1.54, 1.807) is 37.6 Å². The van der Waals surface area contributed by atoms with E-state index in [9.17, 15) is 4.79 Å². The molecule has 0 aliphatic rings. The Morgan fingerprint density at radius 1 is 0.851 bits per heavy atom. The van der Waals surface area contributed by atoms with Crippen LogP contribution in [0.3, 0.4) is 0 Å². The van der Waals surface area contributed by atoms with Crippen molar-refractivity contribution in [2.45, 2.75) is 13.5 Å². The average molecular weight is 753 g/mol. The van der Waals surface area contributed by atoms with Crippen molar-refractivity contribution in [2.24, 2.45) is 5.10 Å². The smallest absolute Gasteiger partial charge is 0.282 e. The highest BCUT2D eigenvalue weighted by atomic mass is 79.9. The molecule has 0 bridgehead atoms. The van der Waals surface area contributed by atoms with Crippen LogP contribution in [-0.4, -0.2) is 29.6 Å². The minimum atomic E-state index is -0.343. The monoisotopic (exact) mass is 751 g/mol. The predicted octanol–water partition coefficient (Wildman–Crippen LogP) is 9.36. The van der Waals surface area contributed by atoms with Gasteiger partial charge in [0.25, 0.3) is 5.56 Å². The highest BCUT2D eigenvalue weighted by Crippen LogP contribution is 2.43. The van der Waals surface area contributed by atoms with Crippen LogP contribution in [0.4, 0.5) is 0 Å². The molecule has 2 aromatic heterocycles. The number of methoxy groups -OCH3 is 1. The Morgan fingerprint density at radius 2 is 1.62 bits per heavy atom. The predicted molar refractivity (Wildman–Crippen MR) is 192 cm³/mol. The second-order valence-electron chi connectivity index (χ2n) is 10.6. The van der Waals surface area contributed by atoms with Gasteiger partial charge >= 0.3 is 0 Å². The van der Waals surface area contributed by atoms with Crippen molar-refractivity contribution in [3.05, 3.63) is 127 Å². The van der Waals surface area contributed by atoms with Crippen molar-refractivity contribution < 1.29 is 18.6 Å². The molecule has 7 aromatic rings. The molecule has 0 amide bonds. The molecule has 0 atom stereocenters. The number of para-hydroxylation sites is 1. The molecule has 8 nitrogen and oxygen atoms in total. The van der Waals surface area contributed by atoms with Crippen molar-refractivity contribution >= 4 is 70.7 Å². The van der Waals surface area contributed by atoms with E-state index in [-0.39, 0.29) is 11.4 Å². The van der Waals surface area contributed by atoms with Crippen LogP contribution < -0.4 is 19.8 Å². The van der Waals surface area contributed by atoms with Crippen LogP contribution in [0, 0.1) is 0 Å². The maximum atomic E-state index is 13.8. The molecule has 2 heterocycles. The van der Waals surface area contributed by atoms with E-state index in [2.05, 4.69) is 61.2 Å². The first-order chi connectivity index (χ1) is 23.0. The summed E-state index contributed by atoms with van der Waals surface area (Å²) in [5.74, 6) is 2.34. The topological polar surface area (TPSA) is 88.1 Å². The van der Waals surface area contributed by atoms with Crippen LogP contribution in [0.25, 0.3) is 44.2 Å². The third kappa shape index (κ3) is 5.79. The van der Waals surface area contributed by atoms with E-state index >= 15 is 0 Å². The SMILES string of the molecule is CCOc1cc(C=Nn2c(-c3cc4c(OC)cccc4o3)nc3ccccc3c2=O)c(Br)c(Br)c1OCc1cccc2ccccc12. The van der Waals surface area contributed by atoms with Gasteiger partial charge in [-0.2, -0.15) is 9.78 Å². The zero-order chi connectivity index (χ0) is 32.5. The number of hydrogen-bond donors (Lipinski definition) is 0. The van der Waals surface area contributed by atoms with Gasteiger partial charge < -0.3 is 18.6 Å². The van der Waals surface area contributed by atoms with Crippen molar-refractivity contribution in [3.63, 3.8) is 0 Å². The number of fused-ring (bicyclic) bond motifs is 3. The van der Waals surface area contributed by atoms with Crippen molar-refractivity contribution in [3.8, 4) is 28.8 Å². The molecule has 10 heteroatoms. The number of nitrogens with zero attached hydrogens (tertiary/aromatic N) is 3. The molecular formula is C37H27Br2N3O5.